The maximum absolute atomic E-state index is 12.4. The van der Waals surface area contributed by atoms with E-state index in [4.69, 9.17) is 32.7 Å². The van der Waals surface area contributed by atoms with Crippen LogP contribution in [0.25, 0.3) is 0 Å². The van der Waals surface area contributed by atoms with E-state index in [2.05, 4.69) is 9.62 Å². The van der Waals surface area contributed by atoms with Gasteiger partial charge in [0.2, 0.25) is 10.0 Å². The molecule has 0 unspecified atom stereocenters. The van der Waals surface area contributed by atoms with Crippen molar-refractivity contribution in [2.75, 3.05) is 33.3 Å². The van der Waals surface area contributed by atoms with Crippen LogP contribution in [0.2, 0.25) is 10.0 Å². The van der Waals surface area contributed by atoms with E-state index in [0.29, 0.717) is 28.1 Å². The van der Waals surface area contributed by atoms with Gasteiger partial charge in [-0.05, 0) is 49.2 Å². The number of benzene rings is 2. The van der Waals surface area contributed by atoms with Crippen LogP contribution in [0.1, 0.15) is 12.8 Å². The second kappa shape index (κ2) is 10.8. The molecule has 1 atom stereocenters. The predicted molar refractivity (Wildman–Crippen MR) is 121 cm³/mol. The molecule has 31 heavy (non-hydrogen) atoms. The van der Waals surface area contributed by atoms with Crippen molar-refractivity contribution in [3.63, 3.8) is 0 Å². The average molecular weight is 489 g/mol. The fraction of sp³-hybridized carbons (Fsp3) is 0.429. The van der Waals surface area contributed by atoms with Crippen LogP contribution < -0.4 is 14.2 Å². The minimum absolute atomic E-state index is 0.0548. The van der Waals surface area contributed by atoms with Gasteiger partial charge in [0, 0.05) is 32.2 Å². The summed E-state index contributed by atoms with van der Waals surface area (Å²) < 4.78 is 38.2. The Labute approximate surface area is 192 Å². The van der Waals surface area contributed by atoms with Crippen LogP contribution in [0.3, 0.4) is 0 Å². The number of rotatable bonds is 9. The minimum atomic E-state index is -3.70. The van der Waals surface area contributed by atoms with Gasteiger partial charge < -0.3 is 19.5 Å². The highest BCUT2D eigenvalue weighted by molar-refractivity contribution is 7.89. The van der Waals surface area contributed by atoms with Gasteiger partial charge in [-0.3, -0.25) is 0 Å². The average Bonchev–Trinajstić information content (AvgIpc) is 2.76. The number of nitrogens with one attached hydrogen (secondary N) is 1. The van der Waals surface area contributed by atoms with E-state index in [1.165, 1.54) is 19.2 Å². The minimum Gasteiger partial charge on any atom is -0.497 e. The molecule has 1 fully saturated rings. The number of hydrogen-bond acceptors (Lipinski definition) is 6. The number of hydrogen-bond donors (Lipinski definition) is 2. The molecule has 1 heterocycles. The molecule has 0 bridgehead atoms. The summed E-state index contributed by atoms with van der Waals surface area (Å²) in [5, 5.41) is 11.2. The van der Waals surface area contributed by atoms with Gasteiger partial charge in [0.1, 0.15) is 17.6 Å². The molecular weight excluding hydrogens is 463 g/mol. The van der Waals surface area contributed by atoms with Crippen molar-refractivity contribution < 1.29 is 23.0 Å². The standard InChI is InChI=1S/C21H26Cl2N2O5S/c1-29-16-2-5-19(6-3-16)31(27,28)24-13-15(26)14-25-10-8-17(9-11-25)30-18-4-7-20(22)21(23)12-18/h2-7,12,15,17,24,26H,8-11,13-14H2,1H3/t15-/m0/s1. The van der Waals surface area contributed by atoms with E-state index in [-0.39, 0.29) is 17.5 Å². The molecule has 0 aromatic heterocycles. The molecule has 1 aliphatic heterocycles. The summed E-state index contributed by atoms with van der Waals surface area (Å²) in [6, 6.07) is 11.3. The molecule has 2 aromatic rings. The maximum Gasteiger partial charge on any atom is 0.240 e. The van der Waals surface area contributed by atoms with E-state index in [9.17, 15) is 13.5 Å². The number of sulfonamides is 1. The summed E-state index contributed by atoms with van der Waals surface area (Å²) in [6.45, 7) is 1.81. The van der Waals surface area contributed by atoms with Crippen molar-refractivity contribution in [2.45, 2.75) is 29.9 Å². The number of aliphatic hydroxyl groups is 1. The van der Waals surface area contributed by atoms with Gasteiger partial charge >= 0.3 is 0 Å². The topological polar surface area (TPSA) is 88.1 Å². The maximum atomic E-state index is 12.4. The van der Waals surface area contributed by atoms with Crippen molar-refractivity contribution in [2.24, 2.45) is 0 Å². The lowest BCUT2D eigenvalue weighted by molar-refractivity contribution is 0.0630. The molecule has 2 aromatic carbocycles. The van der Waals surface area contributed by atoms with Crippen molar-refractivity contribution in [3.05, 3.63) is 52.5 Å². The molecule has 0 spiro atoms. The molecule has 1 aliphatic rings. The van der Waals surface area contributed by atoms with Gasteiger partial charge in [0.05, 0.1) is 28.2 Å². The number of methoxy groups -OCH3 is 1. The Kier molecular flexibility index (Phi) is 8.43. The molecule has 10 heteroatoms. The number of halogens is 2. The van der Waals surface area contributed by atoms with Crippen molar-refractivity contribution in [1.29, 1.82) is 0 Å². The zero-order valence-corrected chi connectivity index (χ0v) is 19.5. The quantitative estimate of drug-likeness (QED) is 0.563. The first kappa shape index (κ1) is 24.1. The summed E-state index contributed by atoms with van der Waals surface area (Å²) in [6.07, 6.45) is 0.828. The van der Waals surface area contributed by atoms with E-state index < -0.39 is 16.1 Å². The Hall–Kier alpha value is -1.55. The summed E-state index contributed by atoms with van der Waals surface area (Å²) >= 11 is 12.0. The van der Waals surface area contributed by atoms with Gasteiger partial charge in [-0.2, -0.15) is 0 Å². The van der Waals surface area contributed by atoms with Crippen molar-refractivity contribution >= 4 is 33.2 Å². The molecule has 170 valence electrons. The van der Waals surface area contributed by atoms with Crippen LogP contribution in [0.5, 0.6) is 11.5 Å². The number of aliphatic hydroxyl groups excluding tert-OH is 1. The largest absolute Gasteiger partial charge is 0.497 e. The SMILES string of the molecule is COc1ccc(S(=O)(=O)NC[C@H](O)CN2CCC(Oc3ccc(Cl)c(Cl)c3)CC2)cc1. The molecule has 0 saturated carbocycles. The zero-order chi connectivity index (χ0) is 22.4. The van der Waals surface area contributed by atoms with E-state index in [1.54, 1.807) is 30.3 Å². The highest BCUT2D eigenvalue weighted by Gasteiger charge is 2.23. The third-order valence-electron chi connectivity index (χ3n) is 5.08. The predicted octanol–water partition coefficient (Wildman–Crippen LogP) is 3.18. The third kappa shape index (κ3) is 6.97. The molecule has 0 aliphatic carbocycles. The van der Waals surface area contributed by atoms with Gasteiger partial charge in [0.25, 0.3) is 0 Å². The van der Waals surface area contributed by atoms with Crippen molar-refractivity contribution in [3.8, 4) is 11.5 Å². The van der Waals surface area contributed by atoms with Gasteiger partial charge in [-0.1, -0.05) is 23.2 Å². The Morgan fingerprint density at radius 3 is 2.35 bits per heavy atom. The molecule has 0 amide bonds. The molecule has 2 N–H and O–H groups in total. The fourth-order valence-corrected chi connectivity index (χ4v) is 4.72. The van der Waals surface area contributed by atoms with Gasteiger partial charge in [0.15, 0.2) is 0 Å². The van der Waals surface area contributed by atoms with Crippen LogP contribution in [-0.4, -0.2) is 63.9 Å². The first-order valence-corrected chi connectivity index (χ1v) is 12.2. The summed E-state index contributed by atoms with van der Waals surface area (Å²) in [7, 11) is -2.18. The van der Waals surface area contributed by atoms with Crippen molar-refractivity contribution in [1.82, 2.24) is 9.62 Å². The van der Waals surface area contributed by atoms with Gasteiger partial charge in [-0.15, -0.1) is 0 Å². The Morgan fingerprint density at radius 2 is 1.74 bits per heavy atom. The van der Waals surface area contributed by atoms with Crippen LogP contribution in [0.15, 0.2) is 47.4 Å². The number of piperidine rings is 1. The summed E-state index contributed by atoms with van der Waals surface area (Å²) in [5.41, 5.74) is 0. The van der Waals surface area contributed by atoms with E-state index in [0.717, 1.165) is 25.9 Å². The Balaban J connectivity index is 1.42. The fourth-order valence-electron chi connectivity index (χ4n) is 3.36. The van der Waals surface area contributed by atoms with E-state index in [1.807, 2.05) is 0 Å². The lowest BCUT2D eigenvalue weighted by Crippen LogP contribution is -2.45. The summed E-state index contributed by atoms with van der Waals surface area (Å²) in [5.74, 6) is 1.26. The first-order valence-electron chi connectivity index (χ1n) is 9.92. The van der Waals surface area contributed by atoms with Gasteiger partial charge in [-0.25, -0.2) is 13.1 Å². The number of ether oxygens (including phenoxy) is 2. The van der Waals surface area contributed by atoms with Crippen LogP contribution in [0.4, 0.5) is 0 Å². The van der Waals surface area contributed by atoms with Crippen LogP contribution >= 0.6 is 23.2 Å². The lowest BCUT2D eigenvalue weighted by atomic mass is 10.1. The number of likely N-dealkylation sites (tertiary alicyclic amines) is 1. The smallest absolute Gasteiger partial charge is 0.240 e. The molecular formula is C21H26Cl2N2O5S. The van der Waals surface area contributed by atoms with Crippen LogP contribution in [0, 0.1) is 0 Å². The zero-order valence-electron chi connectivity index (χ0n) is 17.1. The number of nitrogens with zero attached hydrogens (tertiary/aromatic N) is 1. The monoisotopic (exact) mass is 488 g/mol. The molecule has 1 saturated heterocycles. The summed E-state index contributed by atoms with van der Waals surface area (Å²) in [4.78, 5) is 2.22. The van der Waals surface area contributed by atoms with E-state index >= 15 is 0 Å². The lowest BCUT2D eigenvalue weighted by Gasteiger charge is -2.33. The third-order valence-corrected chi connectivity index (χ3v) is 7.25. The second-order valence-corrected chi connectivity index (χ2v) is 9.96. The highest BCUT2D eigenvalue weighted by atomic mass is 35.5. The molecule has 0 radical (unpaired) electrons. The highest BCUT2D eigenvalue weighted by Crippen LogP contribution is 2.28. The Morgan fingerprint density at radius 1 is 1.10 bits per heavy atom. The Bertz CT molecular complexity index is 964. The molecule has 3 rings (SSSR count). The normalized spacial score (nSPS) is 16.8. The first-order chi connectivity index (χ1) is 14.8. The molecule has 7 nitrogen and oxygen atoms in total. The van der Waals surface area contributed by atoms with Crippen LogP contribution in [-0.2, 0) is 10.0 Å². The number of β-amino-alcohol motifs (C(OH)–C–C–N with tert-alkyl or cyclic N) is 1. The second-order valence-electron chi connectivity index (χ2n) is 7.37.